The van der Waals surface area contributed by atoms with E-state index in [4.69, 9.17) is 5.26 Å². The fraction of sp³-hybridized carbons (Fsp3) is 0.652. The maximum atomic E-state index is 12.2. The highest BCUT2D eigenvalue weighted by atomic mass is 16.4. The Kier molecular flexibility index (Phi) is 6.01. The topological polar surface area (TPSA) is 61.1 Å². The molecule has 2 aliphatic carbocycles. The number of carbonyl (C=O) groups is 1. The van der Waals surface area contributed by atoms with Crippen molar-refractivity contribution in [1.29, 1.82) is 5.26 Å². The van der Waals surface area contributed by atoms with Gasteiger partial charge in [0.25, 0.3) is 0 Å². The molecule has 1 aromatic carbocycles. The molecular weight excluding hydrogens is 322 g/mol. The molecule has 140 valence electrons. The van der Waals surface area contributed by atoms with Crippen LogP contribution >= 0.6 is 0 Å². The summed E-state index contributed by atoms with van der Waals surface area (Å²) in [7, 11) is 0. The van der Waals surface area contributed by atoms with Gasteiger partial charge in [-0.2, -0.15) is 5.26 Å². The van der Waals surface area contributed by atoms with Crippen LogP contribution in [0.3, 0.4) is 0 Å². The van der Waals surface area contributed by atoms with Gasteiger partial charge >= 0.3 is 5.97 Å². The molecule has 1 aromatic rings. The van der Waals surface area contributed by atoms with Crippen molar-refractivity contribution in [3.05, 3.63) is 35.4 Å². The van der Waals surface area contributed by atoms with E-state index < -0.39 is 11.4 Å². The van der Waals surface area contributed by atoms with Crippen molar-refractivity contribution in [2.75, 3.05) is 0 Å². The van der Waals surface area contributed by atoms with Crippen molar-refractivity contribution >= 4 is 5.97 Å². The largest absolute Gasteiger partial charge is 0.481 e. The van der Waals surface area contributed by atoms with E-state index in [0.29, 0.717) is 11.5 Å². The molecule has 3 heteroatoms. The summed E-state index contributed by atoms with van der Waals surface area (Å²) in [6, 6.07) is 9.32. The Bertz CT molecular complexity index is 642. The predicted molar refractivity (Wildman–Crippen MR) is 103 cm³/mol. The third-order valence-electron chi connectivity index (χ3n) is 7.11. The van der Waals surface area contributed by atoms with Crippen LogP contribution in [0, 0.1) is 29.1 Å². The molecule has 1 N–H and O–H groups in total. The van der Waals surface area contributed by atoms with Crippen molar-refractivity contribution in [2.45, 2.75) is 76.5 Å². The number of nitrogens with zero attached hydrogens (tertiary/aromatic N) is 1. The van der Waals surface area contributed by atoms with Crippen LogP contribution in [0.15, 0.2) is 24.3 Å². The Balaban J connectivity index is 1.64. The first kappa shape index (κ1) is 19.0. The van der Waals surface area contributed by atoms with E-state index in [1.165, 1.54) is 38.5 Å². The van der Waals surface area contributed by atoms with Gasteiger partial charge in [0.15, 0.2) is 0 Å². The minimum atomic E-state index is -0.760. The molecule has 0 unspecified atom stereocenters. The third kappa shape index (κ3) is 3.80. The first-order valence-electron chi connectivity index (χ1n) is 10.3. The summed E-state index contributed by atoms with van der Waals surface area (Å²) in [6.07, 6.45) is 11.6. The van der Waals surface area contributed by atoms with Gasteiger partial charge in [0.1, 0.15) is 0 Å². The van der Waals surface area contributed by atoms with Crippen LogP contribution in [0.2, 0.25) is 0 Å². The molecule has 2 aliphatic rings. The number of nitriles is 1. The Hall–Kier alpha value is -1.82. The molecule has 0 aromatic heterocycles. The normalized spacial score (nSPS) is 31.9. The minimum absolute atomic E-state index is 0.590. The quantitative estimate of drug-likeness (QED) is 0.741. The minimum Gasteiger partial charge on any atom is -0.481 e. The smallest absolute Gasteiger partial charge is 0.314 e. The highest BCUT2D eigenvalue weighted by Crippen LogP contribution is 2.47. The zero-order valence-electron chi connectivity index (χ0n) is 15.9. The molecule has 0 bridgehead atoms. The summed E-state index contributed by atoms with van der Waals surface area (Å²) in [4.78, 5) is 12.2. The standard InChI is InChI=1S/C23H31NO2/c1-2-3-17-4-8-19(9-5-17)20-12-14-23(15-13-20,22(25)26)21-10-6-18(16-24)7-11-21/h6-7,10-11,17,19-20H,2-5,8-9,12-15H2,1H3,(H,25,26). The Morgan fingerprint density at radius 3 is 2.15 bits per heavy atom. The van der Waals surface area contributed by atoms with E-state index in [1.807, 2.05) is 12.1 Å². The summed E-state index contributed by atoms with van der Waals surface area (Å²) in [6.45, 7) is 2.28. The number of hydrogen-bond donors (Lipinski definition) is 1. The first-order valence-corrected chi connectivity index (χ1v) is 10.3. The Labute approximate surface area is 157 Å². The molecule has 0 aliphatic heterocycles. The van der Waals surface area contributed by atoms with E-state index in [-0.39, 0.29) is 0 Å². The van der Waals surface area contributed by atoms with Crippen molar-refractivity contribution < 1.29 is 9.90 Å². The van der Waals surface area contributed by atoms with Crippen LogP contribution < -0.4 is 0 Å². The molecule has 2 saturated carbocycles. The number of benzene rings is 1. The second kappa shape index (κ2) is 8.25. The maximum Gasteiger partial charge on any atom is 0.314 e. The average molecular weight is 354 g/mol. The van der Waals surface area contributed by atoms with Crippen LogP contribution in [-0.4, -0.2) is 11.1 Å². The third-order valence-corrected chi connectivity index (χ3v) is 7.11. The van der Waals surface area contributed by atoms with Gasteiger partial charge in [0.05, 0.1) is 17.0 Å². The van der Waals surface area contributed by atoms with E-state index in [1.54, 1.807) is 12.1 Å². The monoisotopic (exact) mass is 353 g/mol. The first-order chi connectivity index (χ1) is 12.6. The van der Waals surface area contributed by atoms with Crippen LogP contribution in [0.25, 0.3) is 0 Å². The van der Waals surface area contributed by atoms with Gasteiger partial charge in [0, 0.05) is 0 Å². The van der Waals surface area contributed by atoms with Crippen molar-refractivity contribution in [3.8, 4) is 6.07 Å². The maximum absolute atomic E-state index is 12.2. The van der Waals surface area contributed by atoms with E-state index in [0.717, 1.165) is 43.1 Å². The Morgan fingerprint density at radius 2 is 1.65 bits per heavy atom. The molecule has 0 saturated heterocycles. The molecule has 0 atom stereocenters. The van der Waals surface area contributed by atoms with Crippen molar-refractivity contribution in [2.24, 2.45) is 17.8 Å². The van der Waals surface area contributed by atoms with Crippen LogP contribution in [0.4, 0.5) is 0 Å². The summed E-state index contributed by atoms with van der Waals surface area (Å²) < 4.78 is 0. The summed E-state index contributed by atoms with van der Waals surface area (Å²) in [5, 5.41) is 19.0. The molecule has 0 amide bonds. The molecule has 0 spiro atoms. The lowest BCUT2D eigenvalue weighted by Gasteiger charge is -2.42. The summed E-state index contributed by atoms with van der Waals surface area (Å²) in [5.74, 6) is 1.73. The molecule has 3 nitrogen and oxygen atoms in total. The van der Waals surface area contributed by atoms with Crippen LogP contribution in [0.1, 0.15) is 82.3 Å². The lowest BCUT2D eigenvalue weighted by atomic mass is 9.62. The fourth-order valence-electron chi connectivity index (χ4n) is 5.45. The van der Waals surface area contributed by atoms with Gasteiger partial charge in [-0.3, -0.25) is 4.79 Å². The number of aliphatic carboxylic acids is 1. The second-order valence-corrected chi connectivity index (χ2v) is 8.48. The SMILES string of the molecule is CCCC1CCC(C2CCC(C(=O)O)(c3ccc(C#N)cc3)CC2)CC1. The number of hydrogen-bond acceptors (Lipinski definition) is 2. The number of rotatable bonds is 5. The van der Waals surface area contributed by atoms with Crippen molar-refractivity contribution in [1.82, 2.24) is 0 Å². The second-order valence-electron chi connectivity index (χ2n) is 8.48. The predicted octanol–water partition coefficient (Wildman–Crippen LogP) is 5.68. The van der Waals surface area contributed by atoms with Gasteiger partial charge in [0.2, 0.25) is 0 Å². The zero-order valence-corrected chi connectivity index (χ0v) is 15.9. The number of carboxylic acid groups (broad SMARTS) is 1. The highest BCUT2D eigenvalue weighted by molar-refractivity contribution is 5.81. The lowest BCUT2D eigenvalue weighted by Crippen LogP contribution is -2.41. The molecule has 26 heavy (non-hydrogen) atoms. The Morgan fingerprint density at radius 1 is 1.08 bits per heavy atom. The van der Waals surface area contributed by atoms with Gasteiger partial charge < -0.3 is 5.11 Å². The van der Waals surface area contributed by atoms with Crippen LogP contribution in [0.5, 0.6) is 0 Å². The molecule has 0 radical (unpaired) electrons. The van der Waals surface area contributed by atoms with E-state index in [2.05, 4.69) is 13.0 Å². The lowest BCUT2D eigenvalue weighted by molar-refractivity contribution is -0.146. The summed E-state index contributed by atoms with van der Waals surface area (Å²) in [5.41, 5.74) is 0.699. The molecule has 3 rings (SSSR count). The number of carboxylic acids is 1. The summed E-state index contributed by atoms with van der Waals surface area (Å²) >= 11 is 0. The van der Waals surface area contributed by atoms with E-state index in [9.17, 15) is 9.90 Å². The highest BCUT2D eigenvalue weighted by Gasteiger charge is 2.44. The fourth-order valence-corrected chi connectivity index (χ4v) is 5.45. The molecular formula is C23H31NO2. The van der Waals surface area contributed by atoms with Gasteiger partial charge in [-0.1, -0.05) is 44.7 Å². The van der Waals surface area contributed by atoms with Crippen molar-refractivity contribution in [3.63, 3.8) is 0 Å². The van der Waals surface area contributed by atoms with Gasteiger partial charge in [-0.05, 0) is 74.0 Å². The zero-order chi connectivity index (χ0) is 18.6. The van der Waals surface area contributed by atoms with Gasteiger partial charge in [-0.15, -0.1) is 0 Å². The van der Waals surface area contributed by atoms with Gasteiger partial charge in [-0.25, -0.2) is 0 Å². The van der Waals surface area contributed by atoms with E-state index >= 15 is 0 Å². The molecule has 2 fully saturated rings. The molecule has 0 heterocycles. The van der Waals surface area contributed by atoms with Crippen LogP contribution in [-0.2, 0) is 10.2 Å². The average Bonchev–Trinajstić information content (AvgIpc) is 2.69.